The lowest BCUT2D eigenvalue weighted by atomic mass is 10.1. The summed E-state index contributed by atoms with van der Waals surface area (Å²) in [6, 6.07) is 16.5. The molecule has 0 unspecified atom stereocenters. The maximum atomic E-state index is 12.7. The van der Waals surface area contributed by atoms with Crippen LogP contribution in [0.2, 0.25) is 0 Å². The first kappa shape index (κ1) is 21.0. The minimum atomic E-state index is -0.0515. The number of fused-ring (bicyclic) bond motifs is 1. The Kier molecular flexibility index (Phi) is 6.00. The minimum absolute atomic E-state index is 0.0515. The van der Waals surface area contributed by atoms with Crippen molar-refractivity contribution in [2.24, 2.45) is 0 Å². The van der Waals surface area contributed by atoms with Crippen LogP contribution in [0, 0.1) is 20.8 Å². The Hall–Kier alpha value is -3.25. The number of aryl methyl sites for hydroxylation is 2. The van der Waals surface area contributed by atoms with E-state index >= 15 is 0 Å². The third-order valence-electron chi connectivity index (χ3n) is 5.37. The molecular formula is C25H26N4OS. The van der Waals surface area contributed by atoms with E-state index in [9.17, 15) is 4.79 Å². The molecule has 4 aromatic rings. The number of carbonyl (C=O) groups excluding carboxylic acids is 1. The molecule has 2 aromatic carbocycles. The number of nitrogens with zero attached hydrogens (tertiary/aromatic N) is 4. The van der Waals surface area contributed by atoms with Gasteiger partial charge in [0.1, 0.15) is 5.01 Å². The van der Waals surface area contributed by atoms with Gasteiger partial charge in [-0.15, -0.1) is 11.3 Å². The van der Waals surface area contributed by atoms with Crippen molar-refractivity contribution in [1.29, 1.82) is 0 Å². The van der Waals surface area contributed by atoms with Gasteiger partial charge in [0.2, 0.25) is 5.91 Å². The van der Waals surface area contributed by atoms with Crippen LogP contribution >= 0.6 is 11.3 Å². The van der Waals surface area contributed by atoms with E-state index in [2.05, 4.69) is 47.3 Å². The van der Waals surface area contributed by atoms with E-state index in [1.807, 2.05) is 42.8 Å². The second kappa shape index (κ2) is 8.86. The molecule has 0 aliphatic rings. The lowest BCUT2D eigenvalue weighted by Gasteiger charge is -2.12. The quantitative estimate of drug-likeness (QED) is 0.398. The average Bonchev–Trinajstić information content (AvgIpc) is 3.27. The molecule has 2 aromatic heterocycles. The Bertz CT molecular complexity index is 1220. The third-order valence-corrected chi connectivity index (χ3v) is 6.39. The van der Waals surface area contributed by atoms with Crippen LogP contribution in [0.25, 0.3) is 16.3 Å². The molecular weight excluding hydrogens is 404 g/mol. The summed E-state index contributed by atoms with van der Waals surface area (Å²) in [6.45, 7) is 7.32. The highest BCUT2D eigenvalue weighted by Gasteiger charge is 2.13. The predicted octanol–water partition coefficient (Wildman–Crippen LogP) is 5.14. The summed E-state index contributed by atoms with van der Waals surface area (Å²) in [4.78, 5) is 19.0. The number of para-hydroxylation sites is 1. The summed E-state index contributed by atoms with van der Waals surface area (Å²) >= 11 is 1.62. The van der Waals surface area contributed by atoms with E-state index in [0.717, 1.165) is 32.2 Å². The number of amides is 1. The van der Waals surface area contributed by atoms with Gasteiger partial charge in [-0.2, -0.15) is 5.10 Å². The Balaban J connectivity index is 1.45. The minimum Gasteiger partial charge on any atom is -0.335 e. The van der Waals surface area contributed by atoms with Crippen molar-refractivity contribution in [3.63, 3.8) is 0 Å². The third kappa shape index (κ3) is 4.75. The average molecular weight is 431 g/mol. The van der Waals surface area contributed by atoms with Gasteiger partial charge in [-0.05, 0) is 44.5 Å². The molecule has 0 atom stereocenters. The van der Waals surface area contributed by atoms with Gasteiger partial charge in [-0.3, -0.25) is 9.48 Å². The molecule has 31 heavy (non-hydrogen) atoms. The zero-order valence-electron chi connectivity index (χ0n) is 18.3. The Labute approximate surface area is 186 Å². The molecule has 0 radical (unpaired) electrons. The molecule has 6 heteroatoms. The fraction of sp³-hybridized carbons (Fsp3) is 0.240. The normalized spacial score (nSPS) is 11.5. The summed E-state index contributed by atoms with van der Waals surface area (Å²) in [5, 5.41) is 5.61. The van der Waals surface area contributed by atoms with Crippen LogP contribution in [0.5, 0.6) is 0 Å². The smallest absolute Gasteiger partial charge is 0.246 e. The first-order valence-electron chi connectivity index (χ1n) is 10.3. The Morgan fingerprint density at radius 2 is 1.84 bits per heavy atom. The van der Waals surface area contributed by atoms with Crippen molar-refractivity contribution in [1.82, 2.24) is 19.7 Å². The van der Waals surface area contributed by atoms with Crippen molar-refractivity contribution in [2.75, 3.05) is 7.05 Å². The van der Waals surface area contributed by atoms with Crippen molar-refractivity contribution < 1.29 is 4.79 Å². The molecule has 158 valence electrons. The SMILES string of the molecule is Cc1ccc(Cn2nc(C)c(/C=C/C(=O)N(C)Cc3nc4ccccc4s3)c2C)cc1. The zero-order valence-corrected chi connectivity index (χ0v) is 19.1. The molecule has 0 aliphatic heterocycles. The first-order valence-corrected chi connectivity index (χ1v) is 11.1. The van der Waals surface area contributed by atoms with Crippen molar-refractivity contribution in [3.05, 3.63) is 87.7 Å². The van der Waals surface area contributed by atoms with Crippen molar-refractivity contribution in [2.45, 2.75) is 33.9 Å². The molecule has 4 rings (SSSR count). The second-order valence-electron chi connectivity index (χ2n) is 7.83. The maximum Gasteiger partial charge on any atom is 0.246 e. The number of hydrogen-bond donors (Lipinski definition) is 0. The number of aromatic nitrogens is 3. The van der Waals surface area contributed by atoms with E-state index in [4.69, 9.17) is 0 Å². The molecule has 0 bridgehead atoms. The van der Waals surface area contributed by atoms with E-state index < -0.39 is 0 Å². The van der Waals surface area contributed by atoms with Gasteiger partial charge in [0, 0.05) is 24.4 Å². The monoisotopic (exact) mass is 430 g/mol. The Morgan fingerprint density at radius 3 is 2.58 bits per heavy atom. The molecule has 0 saturated heterocycles. The van der Waals surface area contributed by atoms with Crippen molar-refractivity contribution in [3.8, 4) is 0 Å². The van der Waals surface area contributed by atoms with Crippen LogP contribution in [0.15, 0.2) is 54.6 Å². The van der Waals surface area contributed by atoms with Crippen molar-refractivity contribution >= 4 is 33.5 Å². The summed E-state index contributed by atoms with van der Waals surface area (Å²) in [5.41, 5.74) is 6.39. The van der Waals surface area contributed by atoms with E-state index in [1.165, 1.54) is 11.1 Å². The number of carbonyl (C=O) groups is 1. The summed E-state index contributed by atoms with van der Waals surface area (Å²) < 4.78 is 3.13. The second-order valence-corrected chi connectivity index (χ2v) is 8.95. The van der Waals surface area contributed by atoms with Crippen LogP contribution in [-0.4, -0.2) is 32.6 Å². The lowest BCUT2D eigenvalue weighted by Crippen LogP contribution is -2.24. The molecule has 0 spiro atoms. The highest BCUT2D eigenvalue weighted by molar-refractivity contribution is 7.18. The molecule has 1 amide bonds. The molecule has 0 N–H and O–H groups in total. The topological polar surface area (TPSA) is 51.0 Å². The maximum absolute atomic E-state index is 12.7. The largest absolute Gasteiger partial charge is 0.335 e. The fourth-order valence-corrected chi connectivity index (χ4v) is 4.54. The van der Waals surface area contributed by atoms with Gasteiger partial charge in [0.05, 0.1) is 29.0 Å². The highest BCUT2D eigenvalue weighted by Crippen LogP contribution is 2.22. The van der Waals surface area contributed by atoms with Gasteiger partial charge >= 0.3 is 0 Å². The van der Waals surface area contributed by atoms with Crippen LogP contribution in [0.3, 0.4) is 0 Å². The van der Waals surface area contributed by atoms with Crippen LogP contribution in [-0.2, 0) is 17.9 Å². The van der Waals surface area contributed by atoms with E-state index in [-0.39, 0.29) is 5.91 Å². The van der Waals surface area contributed by atoms with E-state index in [0.29, 0.717) is 13.1 Å². The number of thiazole rings is 1. The molecule has 2 heterocycles. The number of benzene rings is 2. The van der Waals surface area contributed by atoms with Gasteiger partial charge < -0.3 is 4.90 Å². The van der Waals surface area contributed by atoms with Crippen LogP contribution in [0.1, 0.15) is 33.1 Å². The van der Waals surface area contributed by atoms with Gasteiger partial charge in [-0.1, -0.05) is 42.0 Å². The standard InChI is InChI=1S/C25H26N4OS/c1-17-9-11-20(12-10-17)15-29-19(3)21(18(2)27-29)13-14-25(30)28(4)16-24-26-22-7-5-6-8-23(22)31-24/h5-14H,15-16H2,1-4H3/b14-13+. The highest BCUT2D eigenvalue weighted by atomic mass is 32.1. The van der Waals surface area contributed by atoms with Crippen LogP contribution < -0.4 is 0 Å². The first-order chi connectivity index (χ1) is 14.9. The predicted molar refractivity (Wildman–Crippen MR) is 127 cm³/mol. The molecule has 0 aliphatic carbocycles. The lowest BCUT2D eigenvalue weighted by molar-refractivity contribution is -0.125. The van der Waals surface area contributed by atoms with Crippen LogP contribution in [0.4, 0.5) is 0 Å². The van der Waals surface area contributed by atoms with Gasteiger partial charge in [-0.25, -0.2) is 4.98 Å². The summed E-state index contributed by atoms with van der Waals surface area (Å²) in [6.07, 6.45) is 3.50. The molecule has 0 fully saturated rings. The Morgan fingerprint density at radius 1 is 1.10 bits per heavy atom. The zero-order chi connectivity index (χ0) is 22.0. The van der Waals surface area contributed by atoms with E-state index in [1.54, 1.807) is 29.4 Å². The number of likely N-dealkylation sites (N-methyl/N-ethyl adjacent to an activating group) is 1. The molecule has 5 nitrogen and oxygen atoms in total. The molecule has 0 saturated carbocycles. The van der Waals surface area contributed by atoms with Gasteiger partial charge in [0.15, 0.2) is 0 Å². The fourth-order valence-electron chi connectivity index (χ4n) is 3.52. The number of rotatable bonds is 6. The van der Waals surface area contributed by atoms with Gasteiger partial charge in [0.25, 0.3) is 0 Å². The summed E-state index contributed by atoms with van der Waals surface area (Å²) in [5.74, 6) is -0.0515. The number of hydrogen-bond acceptors (Lipinski definition) is 4. The summed E-state index contributed by atoms with van der Waals surface area (Å²) in [7, 11) is 1.80.